The molecule has 0 saturated carbocycles. The summed E-state index contributed by atoms with van der Waals surface area (Å²) in [6, 6.07) is 13.2. The van der Waals surface area contributed by atoms with Crippen LogP contribution in [0.4, 0.5) is 0 Å². The van der Waals surface area contributed by atoms with Crippen molar-refractivity contribution in [3.05, 3.63) is 59.9 Å². The van der Waals surface area contributed by atoms with Gasteiger partial charge in [0.05, 0.1) is 6.61 Å². The van der Waals surface area contributed by atoms with Crippen molar-refractivity contribution in [3.8, 4) is 5.75 Å². The van der Waals surface area contributed by atoms with Gasteiger partial charge in [0.1, 0.15) is 5.75 Å². The maximum Gasteiger partial charge on any atom is 0.119 e. The van der Waals surface area contributed by atoms with Gasteiger partial charge in [-0.15, -0.1) is 0 Å². The molecule has 1 atom stereocenters. The largest absolute Gasteiger partial charge is 0.494 e. The van der Waals surface area contributed by atoms with Crippen molar-refractivity contribution < 1.29 is 4.74 Å². The Morgan fingerprint density at radius 1 is 1.23 bits per heavy atom. The first kappa shape index (κ1) is 15.0. The van der Waals surface area contributed by atoms with Crippen LogP contribution in [-0.2, 0) is 6.54 Å². The molecule has 1 aromatic carbocycles. The molecule has 0 radical (unpaired) electrons. The number of benzene rings is 1. The fourth-order valence-corrected chi connectivity index (χ4v) is 3.27. The zero-order chi connectivity index (χ0) is 15.2. The van der Waals surface area contributed by atoms with E-state index in [-0.39, 0.29) is 0 Å². The van der Waals surface area contributed by atoms with Crippen molar-refractivity contribution in [1.29, 1.82) is 0 Å². The maximum atomic E-state index is 5.62. The number of hydrogen-bond acceptors (Lipinski definition) is 3. The molecule has 3 rings (SSSR count). The van der Waals surface area contributed by atoms with Gasteiger partial charge in [0.2, 0.25) is 0 Å². The smallest absolute Gasteiger partial charge is 0.119 e. The maximum absolute atomic E-state index is 5.62. The molecule has 0 N–H and O–H groups in total. The molecular formula is C19H24N2O. The molecule has 2 heterocycles. The summed E-state index contributed by atoms with van der Waals surface area (Å²) < 4.78 is 5.62. The lowest BCUT2D eigenvalue weighted by Gasteiger charge is -2.36. The fraction of sp³-hybridized carbons (Fsp3) is 0.421. The number of nitrogens with zero attached hydrogens (tertiary/aromatic N) is 2. The lowest BCUT2D eigenvalue weighted by Crippen LogP contribution is -2.32. The predicted molar refractivity (Wildman–Crippen MR) is 88.9 cm³/mol. The zero-order valence-corrected chi connectivity index (χ0v) is 13.2. The molecule has 0 spiro atoms. The van der Waals surface area contributed by atoms with Crippen LogP contribution >= 0.6 is 0 Å². The Labute approximate surface area is 132 Å². The average molecular weight is 296 g/mol. The first-order valence-corrected chi connectivity index (χ1v) is 8.22. The fourth-order valence-electron chi connectivity index (χ4n) is 3.27. The summed E-state index contributed by atoms with van der Waals surface area (Å²) in [7, 11) is 0. The Morgan fingerprint density at radius 3 is 3.00 bits per heavy atom. The molecular weight excluding hydrogens is 272 g/mol. The summed E-state index contributed by atoms with van der Waals surface area (Å²) >= 11 is 0. The summed E-state index contributed by atoms with van der Waals surface area (Å²) in [6.07, 6.45) is 7.66. The first-order chi connectivity index (χ1) is 10.9. The van der Waals surface area contributed by atoms with Gasteiger partial charge in [-0.1, -0.05) is 24.6 Å². The van der Waals surface area contributed by atoms with Gasteiger partial charge < -0.3 is 4.74 Å². The minimum absolute atomic E-state index is 0.484. The Balaban J connectivity index is 1.75. The second kappa shape index (κ2) is 7.41. The van der Waals surface area contributed by atoms with Crippen LogP contribution in [0.5, 0.6) is 5.75 Å². The standard InChI is InChI=1S/C19H24N2O/c1-2-22-18-9-5-7-16(13-18)15-21-12-4-3-10-19(21)17-8-6-11-20-14-17/h5-9,11,13-14,19H,2-4,10,12,15H2,1H3. The van der Waals surface area contributed by atoms with E-state index >= 15 is 0 Å². The minimum atomic E-state index is 0.484. The van der Waals surface area contributed by atoms with Gasteiger partial charge in [0.15, 0.2) is 0 Å². The van der Waals surface area contributed by atoms with Crippen LogP contribution in [-0.4, -0.2) is 23.0 Å². The highest BCUT2D eigenvalue weighted by Gasteiger charge is 2.24. The van der Waals surface area contributed by atoms with Gasteiger partial charge in [-0.2, -0.15) is 0 Å². The third-order valence-electron chi connectivity index (χ3n) is 4.28. The molecule has 1 unspecified atom stereocenters. The van der Waals surface area contributed by atoms with Gasteiger partial charge in [0.25, 0.3) is 0 Å². The van der Waals surface area contributed by atoms with E-state index in [0.717, 1.165) is 18.8 Å². The van der Waals surface area contributed by atoms with Crippen molar-refractivity contribution in [1.82, 2.24) is 9.88 Å². The van der Waals surface area contributed by atoms with Crippen LogP contribution < -0.4 is 4.74 Å². The molecule has 22 heavy (non-hydrogen) atoms. The second-order valence-corrected chi connectivity index (χ2v) is 5.85. The molecule has 0 aliphatic carbocycles. The topological polar surface area (TPSA) is 25.4 Å². The molecule has 1 aliphatic rings. The van der Waals surface area contributed by atoms with Gasteiger partial charge in [-0.05, 0) is 55.6 Å². The van der Waals surface area contributed by atoms with E-state index in [1.165, 1.54) is 30.4 Å². The first-order valence-electron chi connectivity index (χ1n) is 8.22. The van der Waals surface area contributed by atoms with E-state index in [1.807, 2.05) is 31.5 Å². The van der Waals surface area contributed by atoms with Gasteiger partial charge in [-0.3, -0.25) is 9.88 Å². The van der Waals surface area contributed by atoms with Gasteiger partial charge >= 0.3 is 0 Å². The number of aromatic nitrogens is 1. The van der Waals surface area contributed by atoms with E-state index in [4.69, 9.17) is 4.74 Å². The number of hydrogen-bond donors (Lipinski definition) is 0. The Bertz CT molecular complexity index is 585. The lowest BCUT2D eigenvalue weighted by molar-refractivity contribution is 0.140. The number of piperidine rings is 1. The molecule has 1 aliphatic heterocycles. The predicted octanol–water partition coefficient (Wildman–Crippen LogP) is 4.21. The quantitative estimate of drug-likeness (QED) is 0.826. The van der Waals surface area contributed by atoms with Crippen molar-refractivity contribution in [2.45, 2.75) is 38.8 Å². The van der Waals surface area contributed by atoms with E-state index in [1.54, 1.807) is 0 Å². The minimum Gasteiger partial charge on any atom is -0.494 e. The third-order valence-corrected chi connectivity index (χ3v) is 4.28. The SMILES string of the molecule is CCOc1cccc(CN2CCCCC2c2cccnc2)c1. The van der Waals surface area contributed by atoms with Crippen molar-refractivity contribution in [2.24, 2.45) is 0 Å². The molecule has 1 saturated heterocycles. The normalized spacial score (nSPS) is 19.0. The van der Waals surface area contributed by atoms with Gasteiger partial charge in [-0.25, -0.2) is 0 Å². The van der Waals surface area contributed by atoms with Gasteiger partial charge in [0, 0.05) is 25.0 Å². The summed E-state index contributed by atoms with van der Waals surface area (Å²) in [4.78, 5) is 6.87. The summed E-state index contributed by atoms with van der Waals surface area (Å²) in [5.41, 5.74) is 2.66. The Kier molecular flexibility index (Phi) is 5.07. The summed E-state index contributed by atoms with van der Waals surface area (Å²) in [6.45, 7) is 4.86. The monoisotopic (exact) mass is 296 g/mol. The molecule has 116 valence electrons. The van der Waals surface area contributed by atoms with Crippen LogP contribution in [0.25, 0.3) is 0 Å². The Morgan fingerprint density at radius 2 is 2.18 bits per heavy atom. The highest BCUT2D eigenvalue weighted by molar-refractivity contribution is 5.29. The lowest BCUT2D eigenvalue weighted by atomic mass is 9.96. The number of likely N-dealkylation sites (tertiary alicyclic amines) is 1. The van der Waals surface area contributed by atoms with Crippen LogP contribution in [0.1, 0.15) is 43.4 Å². The summed E-state index contributed by atoms with van der Waals surface area (Å²) in [5.74, 6) is 0.968. The van der Waals surface area contributed by atoms with Crippen molar-refractivity contribution in [2.75, 3.05) is 13.2 Å². The van der Waals surface area contributed by atoms with Crippen LogP contribution in [0.3, 0.4) is 0 Å². The molecule has 2 aromatic rings. The molecule has 3 nitrogen and oxygen atoms in total. The van der Waals surface area contributed by atoms with Crippen LogP contribution in [0.2, 0.25) is 0 Å². The van der Waals surface area contributed by atoms with E-state index < -0.39 is 0 Å². The van der Waals surface area contributed by atoms with Crippen molar-refractivity contribution >= 4 is 0 Å². The Hall–Kier alpha value is -1.87. The number of rotatable bonds is 5. The van der Waals surface area contributed by atoms with Crippen LogP contribution in [0, 0.1) is 0 Å². The summed E-state index contributed by atoms with van der Waals surface area (Å²) in [5, 5.41) is 0. The van der Waals surface area contributed by atoms with Crippen molar-refractivity contribution in [3.63, 3.8) is 0 Å². The highest BCUT2D eigenvalue weighted by atomic mass is 16.5. The third kappa shape index (κ3) is 3.66. The average Bonchev–Trinajstić information content (AvgIpc) is 2.57. The molecule has 0 bridgehead atoms. The second-order valence-electron chi connectivity index (χ2n) is 5.85. The molecule has 3 heteroatoms. The van der Waals surface area contributed by atoms with Crippen LogP contribution in [0.15, 0.2) is 48.8 Å². The van der Waals surface area contributed by atoms with E-state index in [9.17, 15) is 0 Å². The van der Waals surface area contributed by atoms with E-state index in [0.29, 0.717) is 12.6 Å². The van der Waals surface area contributed by atoms with E-state index in [2.05, 4.69) is 34.1 Å². The molecule has 1 aromatic heterocycles. The zero-order valence-electron chi connectivity index (χ0n) is 13.2. The number of pyridine rings is 1. The highest BCUT2D eigenvalue weighted by Crippen LogP contribution is 2.32. The molecule has 0 amide bonds. The number of ether oxygens (including phenoxy) is 1. The molecule has 1 fully saturated rings.